The van der Waals surface area contributed by atoms with Gasteiger partial charge in [0, 0.05) is 18.2 Å². The summed E-state index contributed by atoms with van der Waals surface area (Å²) in [6.07, 6.45) is 5.90. The van der Waals surface area contributed by atoms with Gasteiger partial charge in [-0.15, -0.1) is 10.2 Å². The first-order valence-electron chi connectivity index (χ1n) is 9.64. The van der Waals surface area contributed by atoms with E-state index in [1.807, 2.05) is 17.9 Å². The highest BCUT2D eigenvalue weighted by Gasteiger charge is 2.24. The zero-order valence-corrected chi connectivity index (χ0v) is 17.5. The molecule has 2 aromatic rings. The van der Waals surface area contributed by atoms with E-state index in [0.29, 0.717) is 34.4 Å². The molecule has 8 heteroatoms. The minimum atomic E-state index is 0.130. The van der Waals surface area contributed by atoms with Gasteiger partial charge >= 0.3 is 0 Å². The Kier molecular flexibility index (Phi) is 7.19. The Morgan fingerprint density at radius 3 is 2.61 bits per heavy atom. The monoisotopic (exact) mass is 405 g/mol. The molecular weight excluding hydrogens is 378 g/mol. The molecule has 1 fully saturated rings. The van der Waals surface area contributed by atoms with Crippen molar-refractivity contribution in [3.05, 3.63) is 18.2 Å². The summed E-state index contributed by atoms with van der Waals surface area (Å²) in [5.74, 6) is 2.04. The lowest BCUT2D eigenvalue weighted by Crippen LogP contribution is -2.42. The highest BCUT2D eigenvalue weighted by atomic mass is 32.2. The molecule has 28 heavy (non-hydrogen) atoms. The third-order valence-corrected chi connectivity index (χ3v) is 5.84. The zero-order valence-electron chi connectivity index (χ0n) is 16.6. The standard InChI is InChI=1S/C20H27N3O4S/c1-4-23(15-8-6-5-7-9-15)18(24)13-28-20-22-21-19(27-20)14-10-11-16(25-2)17(12-14)26-3/h10-12,15H,4-9,13H2,1-3H3. The van der Waals surface area contributed by atoms with E-state index >= 15 is 0 Å². The smallest absolute Gasteiger partial charge is 0.277 e. The van der Waals surface area contributed by atoms with Crippen LogP contribution >= 0.6 is 11.8 Å². The van der Waals surface area contributed by atoms with E-state index in [9.17, 15) is 4.79 Å². The summed E-state index contributed by atoms with van der Waals surface area (Å²) in [6, 6.07) is 5.78. The molecule has 1 saturated carbocycles. The van der Waals surface area contributed by atoms with E-state index in [0.717, 1.165) is 24.9 Å². The number of nitrogens with zero attached hydrogens (tertiary/aromatic N) is 3. The molecule has 0 aliphatic heterocycles. The first-order valence-corrected chi connectivity index (χ1v) is 10.6. The lowest BCUT2D eigenvalue weighted by Gasteiger charge is -2.33. The normalized spacial score (nSPS) is 14.7. The van der Waals surface area contributed by atoms with Gasteiger partial charge in [0.15, 0.2) is 11.5 Å². The molecule has 1 aromatic carbocycles. The van der Waals surface area contributed by atoms with Gasteiger partial charge in [-0.3, -0.25) is 4.79 Å². The predicted octanol–water partition coefficient (Wildman–Crippen LogP) is 4.03. The number of methoxy groups -OCH3 is 2. The molecule has 7 nitrogen and oxygen atoms in total. The Morgan fingerprint density at radius 1 is 1.18 bits per heavy atom. The van der Waals surface area contributed by atoms with Crippen molar-refractivity contribution in [2.45, 2.75) is 50.3 Å². The molecule has 1 aliphatic carbocycles. The van der Waals surface area contributed by atoms with Crippen LogP contribution in [0.5, 0.6) is 11.5 Å². The Bertz CT molecular complexity index is 790. The van der Waals surface area contributed by atoms with Crippen LogP contribution in [-0.4, -0.2) is 53.6 Å². The zero-order chi connectivity index (χ0) is 19.9. The van der Waals surface area contributed by atoms with Gasteiger partial charge in [0.1, 0.15) is 0 Å². The van der Waals surface area contributed by atoms with Crippen LogP contribution in [-0.2, 0) is 4.79 Å². The third kappa shape index (κ3) is 4.79. The third-order valence-electron chi connectivity index (χ3n) is 5.03. The first kappa shape index (κ1) is 20.5. The molecular formula is C20H27N3O4S. The van der Waals surface area contributed by atoms with Gasteiger partial charge in [0.2, 0.25) is 11.8 Å². The average Bonchev–Trinajstić information content (AvgIpc) is 3.22. The fourth-order valence-electron chi connectivity index (χ4n) is 3.59. The van der Waals surface area contributed by atoms with E-state index in [1.165, 1.54) is 31.0 Å². The predicted molar refractivity (Wildman–Crippen MR) is 108 cm³/mol. The summed E-state index contributed by atoms with van der Waals surface area (Å²) in [5, 5.41) is 8.54. The van der Waals surface area contributed by atoms with Crippen molar-refractivity contribution in [1.29, 1.82) is 0 Å². The maximum atomic E-state index is 12.7. The minimum absolute atomic E-state index is 0.130. The largest absolute Gasteiger partial charge is 0.493 e. The van der Waals surface area contributed by atoms with Crippen LogP contribution in [0.15, 0.2) is 27.8 Å². The Hall–Kier alpha value is -2.22. The Labute approximate surface area is 169 Å². The fraction of sp³-hybridized carbons (Fsp3) is 0.550. The highest BCUT2D eigenvalue weighted by Crippen LogP contribution is 2.32. The van der Waals surface area contributed by atoms with Crippen molar-refractivity contribution in [3.8, 4) is 23.0 Å². The Morgan fingerprint density at radius 2 is 1.93 bits per heavy atom. The number of hydrogen-bond donors (Lipinski definition) is 0. The van der Waals surface area contributed by atoms with Crippen LogP contribution in [0.3, 0.4) is 0 Å². The summed E-state index contributed by atoms with van der Waals surface area (Å²) < 4.78 is 16.3. The summed E-state index contributed by atoms with van der Waals surface area (Å²) in [7, 11) is 3.16. The second kappa shape index (κ2) is 9.82. The molecule has 1 aromatic heterocycles. The summed E-state index contributed by atoms with van der Waals surface area (Å²) in [6.45, 7) is 2.78. The number of ether oxygens (including phenoxy) is 2. The van der Waals surface area contributed by atoms with Crippen molar-refractivity contribution in [3.63, 3.8) is 0 Å². The molecule has 0 spiro atoms. The lowest BCUT2D eigenvalue weighted by atomic mass is 9.94. The second-order valence-electron chi connectivity index (χ2n) is 6.70. The molecule has 0 N–H and O–H groups in total. The molecule has 0 bridgehead atoms. The summed E-state index contributed by atoms with van der Waals surface area (Å²) in [5.41, 5.74) is 0.737. The number of carbonyl (C=O) groups excluding carboxylic acids is 1. The van der Waals surface area contributed by atoms with Gasteiger partial charge in [-0.25, -0.2) is 0 Å². The van der Waals surface area contributed by atoms with Crippen LogP contribution in [0.25, 0.3) is 11.5 Å². The lowest BCUT2D eigenvalue weighted by molar-refractivity contribution is -0.131. The molecule has 1 aliphatic rings. The number of benzene rings is 1. The molecule has 1 heterocycles. The van der Waals surface area contributed by atoms with Crippen molar-refractivity contribution < 1.29 is 18.7 Å². The summed E-state index contributed by atoms with van der Waals surface area (Å²) in [4.78, 5) is 14.7. The molecule has 1 amide bonds. The van der Waals surface area contributed by atoms with Crippen LogP contribution in [0.2, 0.25) is 0 Å². The molecule has 0 saturated heterocycles. The fourth-order valence-corrected chi connectivity index (χ4v) is 4.24. The summed E-state index contributed by atoms with van der Waals surface area (Å²) >= 11 is 1.28. The maximum Gasteiger partial charge on any atom is 0.277 e. The minimum Gasteiger partial charge on any atom is -0.493 e. The van der Waals surface area contributed by atoms with E-state index in [1.54, 1.807) is 26.4 Å². The first-order chi connectivity index (χ1) is 13.7. The van der Waals surface area contributed by atoms with Crippen molar-refractivity contribution >= 4 is 17.7 Å². The van der Waals surface area contributed by atoms with Crippen LogP contribution in [0.4, 0.5) is 0 Å². The quantitative estimate of drug-likeness (QED) is 0.614. The van der Waals surface area contributed by atoms with Crippen LogP contribution < -0.4 is 9.47 Å². The van der Waals surface area contributed by atoms with Gasteiger partial charge in [0.05, 0.1) is 20.0 Å². The van der Waals surface area contributed by atoms with E-state index < -0.39 is 0 Å². The molecule has 3 rings (SSSR count). The SMILES string of the molecule is CCN(C(=O)CSc1nnc(-c2ccc(OC)c(OC)c2)o1)C1CCCCC1. The number of aromatic nitrogens is 2. The van der Waals surface area contributed by atoms with Crippen LogP contribution in [0.1, 0.15) is 39.0 Å². The number of amides is 1. The Balaban J connectivity index is 1.62. The van der Waals surface area contributed by atoms with Gasteiger partial charge in [-0.1, -0.05) is 31.0 Å². The molecule has 0 unspecified atom stereocenters. The van der Waals surface area contributed by atoms with E-state index in [-0.39, 0.29) is 5.91 Å². The number of carbonyl (C=O) groups is 1. The van der Waals surface area contributed by atoms with Crippen LogP contribution in [0, 0.1) is 0 Å². The molecule has 0 radical (unpaired) electrons. The number of thioether (sulfide) groups is 1. The second-order valence-corrected chi connectivity index (χ2v) is 7.63. The highest BCUT2D eigenvalue weighted by molar-refractivity contribution is 7.99. The average molecular weight is 406 g/mol. The van der Waals surface area contributed by atoms with Gasteiger partial charge in [-0.05, 0) is 38.0 Å². The number of rotatable bonds is 8. The van der Waals surface area contributed by atoms with Gasteiger partial charge < -0.3 is 18.8 Å². The number of hydrogen-bond acceptors (Lipinski definition) is 7. The van der Waals surface area contributed by atoms with E-state index in [2.05, 4.69) is 10.2 Å². The van der Waals surface area contributed by atoms with Crippen molar-refractivity contribution in [2.24, 2.45) is 0 Å². The van der Waals surface area contributed by atoms with Crippen molar-refractivity contribution in [1.82, 2.24) is 15.1 Å². The van der Waals surface area contributed by atoms with E-state index in [4.69, 9.17) is 13.9 Å². The van der Waals surface area contributed by atoms with Gasteiger partial charge in [-0.2, -0.15) is 0 Å². The molecule has 0 atom stereocenters. The molecule has 152 valence electrons. The van der Waals surface area contributed by atoms with Crippen molar-refractivity contribution in [2.75, 3.05) is 26.5 Å². The maximum absolute atomic E-state index is 12.7. The van der Waals surface area contributed by atoms with Gasteiger partial charge in [0.25, 0.3) is 5.22 Å². The topological polar surface area (TPSA) is 77.7 Å².